The monoisotopic (exact) mass is 567 g/mol. The highest BCUT2D eigenvalue weighted by atomic mass is 16.2. The third-order valence-electron chi connectivity index (χ3n) is 8.19. The number of nitrogens with one attached hydrogen (secondary N) is 1. The topological polar surface area (TPSA) is 76.2 Å². The molecule has 3 aromatic carbocycles. The van der Waals surface area contributed by atoms with Crippen molar-refractivity contribution in [3.05, 3.63) is 108 Å². The number of benzene rings is 3. The SMILES string of the molecule is CCN1CC(=O)N2[C@@H](CC(C)C)C(=O)N(CC(c3ccccc3)c3ccccc3)C[C@@H]2N1C(=O)NCc1ccccc1. The van der Waals surface area contributed by atoms with Gasteiger partial charge in [0.05, 0.1) is 13.1 Å². The zero-order valence-electron chi connectivity index (χ0n) is 24.7. The summed E-state index contributed by atoms with van der Waals surface area (Å²) in [5.41, 5.74) is 3.23. The van der Waals surface area contributed by atoms with Gasteiger partial charge in [0, 0.05) is 25.6 Å². The molecule has 0 radical (unpaired) electrons. The van der Waals surface area contributed by atoms with E-state index >= 15 is 0 Å². The van der Waals surface area contributed by atoms with E-state index in [4.69, 9.17) is 0 Å². The highest BCUT2D eigenvalue weighted by Crippen LogP contribution is 2.32. The Morgan fingerprint density at radius 3 is 2.00 bits per heavy atom. The van der Waals surface area contributed by atoms with E-state index in [-0.39, 0.29) is 42.8 Å². The van der Waals surface area contributed by atoms with Gasteiger partial charge in [-0.1, -0.05) is 112 Å². The van der Waals surface area contributed by atoms with Gasteiger partial charge in [-0.25, -0.2) is 14.8 Å². The molecule has 2 aliphatic heterocycles. The maximum Gasteiger partial charge on any atom is 0.334 e. The van der Waals surface area contributed by atoms with E-state index in [1.807, 2.05) is 78.6 Å². The van der Waals surface area contributed by atoms with Gasteiger partial charge in [-0.15, -0.1) is 0 Å². The number of rotatable bonds is 9. The third kappa shape index (κ3) is 6.34. The number of hydrazine groups is 1. The predicted octanol–water partition coefficient (Wildman–Crippen LogP) is 4.69. The van der Waals surface area contributed by atoms with Crippen LogP contribution in [-0.2, 0) is 16.1 Å². The lowest BCUT2D eigenvalue weighted by Gasteiger charge is -2.55. The van der Waals surface area contributed by atoms with Crippen LogP contribution in [0.2, 0.25) is 0 Å². The largest absolute Gasteiger partial charge is 0.336 e. The van der Waals surface area contributed by atoms with Crippen LogP contribution in [0.3, 0.4) is 0 Å². The molecule has 220 valence electrons. The van der Waals surface area contributed by atoms with Crippen molar-refractivity contribution in [3.8, 4) is 0 Å². The van der Waals surface area contributed by atoms with Crippen molar-refractivity contribution < 1.29 is 14.4 Å². The molecule has 8 heteroatoms. The van der Waals surface area contributed by atoms with Gasteiger partial charge in [-0.05, 0) is 29.0 Å². The number of likely N-dealkylation sites (N-methyl/N-ethyl adjacent to an activating group) is 1. The van der Waals surface area contributed by atoms with E-state index in [0.717, 1.165) is 16.7 Å². The Morgan fingerprint density at radius 2 is 1.45 bits per heavy atom. The molecule has 0 aromatic heterocycles. The Bertz CT molecular complexity index is 1310. The number of hydrogen-bond acceptors (Lipinski definition) is 4. The van der Waals surface area contributed by atoms with Crippen LogP contribution < -0.4 is 5.32 Å². The van der Waals surface area contributed by atoms with Crippen molar-refractivity contribution in [1.82, 2.24) is 25.1 Å². The number of hydrogen-bond donors (Lipinski definition) is 1. The molecule has 0 spiro atoms. The van der Waals surface area contributed by atoms with Gasteiger partial charge in [-0.3, -0.25) is 9.59 Å². The van der Waals surface area contributed by atoms with E-state index in [2.05, 4.69) is 43.4 Å². The Labute approximate surface area is 248 Å². The summed E-state index contributed by atoms with van der Waals surface area (Å²) in [6.45, 7) is 7.69. The van der Waals surface area contributed by atoms with Crippen LogP contribution in [0, 0.1) is 5.92 Å². The summed E-state index contributed by atoms with van der Waals surface area (Å²) in [4.78, 5) is 45.2. The molecule has 4 amide bonds. The van der Waals surface area contributed by atoms with Gasteiger partial charge in [0.25, 0.3) is 0 Å². The van der Waals surface area contributed by atoms with Crippen LogP contribution in [0.5, 0.6) is 0 Å². The minimum absolute atomic E-state index is 0.0514. The second kappa shape index (κ2) is 13.2. The number of nitrogens with zero attached hydrogens (tertiary/aromatic N) is 4. The number of amides is 4. The van der Waals surface area contributed by atoms with Crippen molar-refractivity contribution in [1.29, 1.82) is 0 Å². The summed E-state index contributed by atoms with van der Waals surface area (Å²) in [5.74, 6) is -0.0319. The smallest absolute Gasteiger partial charge is 0.334 e. The molecular weight excluding hydrogens is 526 g/mol. The van der Waals surface area contributed by atoms with Crippen LogP contribution in [0.25, 0.3) is 0 Å². The van der Waals surface area contributed by atoms with E-state index in [1.54, 1.807) is 14.9 Å². The lowest BCUT2D eigenvalue weighted by Crippen LogP contribution is -2.76. The number of carbonyl (C=O) groups is 3. The molecule has 3 aromatic rings. The summed E-state index contributed by atoms with van der Waals surface area (Å²) in [7, 11) is 0. The van der Waals surface area contributed by atoms with Crippen LogP contribution in [0.15, 0.2) is 91.0 Å². The highest BCUT2D eigenvalue weighted by molar-refractivity contribution is 5.91. The molecule has 2 fully saturated rings. The first-order chi connectivity index (χ1) is 20.4. The summed E-state index contributed by atoms with van der Waals surface area (Å²) in [5, 5.41) is 6.54. The lowest BCUT2D eigenvalue weighted by molar-refractivity contribution is -0.191. The number of carbonyl (C=O) groups excluding carboxylic acids is 3. The molecule has 0 aliphatic carbocycles. The molecular formula is C34H41N5O3. The third-order valence-corrected chi connectivity index (χ3v) is 8.19. The zero-order chi connectivity index (χ0) is 29.6. The minimum atomic E-state index is -0.633. The van der Waals surface area contributed by atoms with Gasteiger partial charge < -0.3 is 15.1 Å². The Balaban J connectivity index is 1.48. The maximum atomic E-state index is 14.2. The van der Waals surface area contributed by atoms with E-state index in [9.17, 15) is 14.4 Å². The predicted molar refractivity (Wildman–Crippen MR) is 163 cm³/mol. The van der Waals surface area contributed by atoms with Crippen LogP contribution in [0.1, 0.15) is 49.8 Å². The standard InChI is InChI=1S/C34H41N5O3/c1-4-37-24-32(40)38-30(20-25(2)3)33(41)36(22-29(27-16-10-6-11-17-27)28-18-12-7-13-19-28)23-31(38)39(37)34(42)35-21-26-14-8-5-9-15-26/h5-19,25,29-31H,4,20-24H2,1-3H3,(H,35,42)/t30-,31-/m0/s1. The summed E-state index contributed by atoms with van der Waals surface area (Å²) < 4.78 is 0. The molecule has 42 heavy (non-hydrogen) atoms. The fourth-order valence-electron chi connectivity index (χ4n) is 6.15. The maximum absolute atomic E-state index is 14.2. The average molecular weight is 568 g/mol. The van der Waals surface area contributed by atoms with Crippen molar-refractivity contribution in [3.63, 3.8) is 0 Å². The van der Waals surface area contributed by atoms with Gasteiger partial charge in [0.15, 0.2) is 0 Å². The molecule has 5 rings (SSSR count). The first kappa shape index (κ1) is 29.3. The lowest BCUT2D eigenvalue weighted by atomic mass is 9.89. The van der Waals surface area contributed by atoms with Crippen molar-refractivity contribution >= 4 is 17.8 Å². The van der Waals surface area contributed by atoms with Crippen LogP contribution >= 0.6 is 0 Å². The average Bonchev–Trinajstić information content (AvgIpc) is 3.01. The summed E-state index contributed by atoms with van der Waals surface area (Å²) in [6.07, 6.45) is -0.0690. The number of piperazine rings is 1. The second-order valence-electron chi connectivity index (χ2n) is 11.5. The normalized spacial score (nSPS) is 19.4. The molecule has 0 bridgehead atoms. The first-order valence-electron chi connectivity index (χ1n) is 14.9. The van der Waals surface area contributed by atoms with Gasteiger partial charge in [0.1, 0.15) is 12.2 Å². The molecule has 1 N–H and O–H groups in total. The van der Waals surface area contributed by atoms with Gasteiger partial charge in [-0.2, -0.15) is 0 Å². The Hall–Kier alpha value is -4.17. The first-order valence-corrected chi connectivity index (χ1v) is 14.9. The molecule has 0 unspecified atom stereocenters. The molecule has 2 heterocycles. The number of fused-ring (bicyclic) bond motifs is 1. The molecule has 8 nitrogen and oxygen atoms in total. The fourth-order valence-corrected chi connectivity index (χ4v) is 6.15. The van der Waals surface area contributed by atoms with Crippen LogP contribution in [-0.4, -0.2) is 76.0 Å². The molecule has 2 saturated heterocycles. The van der Waals surface area contributed by atoms with Crippen molar-refractivity contribution in [2.24, 2.45) is 5.92 Å². The molecule has 0 saturated carbocycles. The van der Waals surface area contributed by atoms with Crippen LogP contribution in [0.4, 0.5) is 4.79 Å². The number of urea groups is 1. The Morgan fingerprint density at radius 1 is 0.881 bits per heavy atom. The second-order valence-corrected chi connectivity index (χ2v) is 11.5. The quantitative estimate of drug-likeness (QED) is 0.407. The summed E-state index contributed by atoms with van der Waals surface area (Å²) >= 11 is 0. The van der Waals surface area contributed by atoms with E-state index < -0.39 is 12.2 Å². The molecule has 2 aliphatic rings. The molecule has 2 atom stereocenters. The minimum Gasteiger partial charge on any atom is -0.336 e. The van der Waals surface area contributed by atoms with E-state index in [0.29, 0.717) is 26.1 Å². The zero-order valence-corrected chi connectivity index (χ0v) is 24.7. The van der Waals surface area contributed by atoms with Gasteiger partial charge in [0.2, 0.25) is 11.8 Å². The van der Waals surface area contributed by atoms with Gasteiger partial charge >= 0.3 is 6.03 Å². The van der Waals surface area contributed by atoms with Crippen molar-refractivity contribution in [2.75, 3.05) is 26.2 Å². The summed E-state index contributed by atoms with van der Waals surface area (Å²) in [6, 6.07) is 29.3. The highest BCUT2D eigenvalue weighted by Gasteiger charge is 2.51. The fraction of sp³-hybridized carbons (Fsp3) is 0.382. The van der Waals surface area contributed by atoms with E-state index in [1.165, 1.54) is 0 Å². The van der Waals surface area contributed by atoms with Crippen molar-refractivity contribution in [2.45, 2.75) is 51.9 Å². The Kier molecular flexibility index (Phi) is 9.22.